The van der Waals surface area contributed by atoms with Crippen LogP contribution >= 0.6 is 0 Å². The number of amides is 3. The Bertz CT molecular complexity index is 778. The number of hydrogen-bond donors (Lipinski definition) is 2. The third-order valence-corrected chi connectivity index (χ3v) is 6.85. The van der Waals surface area contributed by atoms with E-state index in [1.807, 2.05) is 4.90 Å². The molecule has 1 aromatic carbocycles. The molecule has 1 aromatic rings. The van der Waals surface area contributed by atoms with Gasteiger partial charge in [0.15, 0.2) is 0 Å². The van der Waals surface area contributed by atoms with E-state index < -0.39 is 5.97 Å². The highest BCUT2D eigenvalue weighted by molar-refractivity contribution is 5.87. The summed E-state index contributed by atoms with van der Waals surface area (Å²) in [6.07, 6.45) is 6.26. The Balaban J connectivity index is 1.23. The van der Waals surface area contributed by atoms with Gasteiger partial charge in [0.05, 0.1) is 5.56 Å². The lowest BCUT2D eigenvalue weighted by Crippen LogP contribution is -2.45. The summed E-state index contributed by atoms with van der Waals surface area (Å²) in [6, 6.07) is 6.43. The fourth-order valence-electron chi connectivity index (χ4n) is 4.79. The van der Waals surface area contributed by atoms with Gasteiger partial charge in [0.25, 0.3) is 0 Å². The number of carboxylic acid groups (broad SMARTS) is 1. The molecule has 3 amide bonds. The summed E-state index contributed by atoms with van der Waals surface area (Å²) >= 11 is 0. The Hall–Kier alpha value is -2.57. The summed E-state index contributed by atoms with van der Waals surface area (Å²) in [5.74, 6) is -0.453. The first-order valence-electron chi connectivity index (χ1n) is 10.6. The van der Waals surface area contributed by atoms with Crippen LogP contribution in [0.25, 0.3) is 0 Å². The van der Waals surface area contributed by atoms with Gasteiger partial charge in [-0.25, -0.2) is 9.59 Å². The number of carbonyl (C=O) groups is 3. The molecule has 29 heavy (non-hydrogen) atoms. The molecule has 156 valence electrons. The van der Waals surface area contributed by atoms with E-state index in [1.165, 1.54) is 6.42 Å². The van der Waals surface area contributed by atoms with Gasteiger partial charge in [0, 0.05) is 38.6 Å². The van der Waals surface area contributed by atoms with Crippen molar-refractivity contribution >= 4 is 17.9 Å². The van der Waals surface area contributed by atoms with Gasteiger partial charge in [-0.05, 0) is 61.6 Å². The van der Waals surface area contributed by atoms with Crippen LogP contribution in [0.15, 0.2) is 24.3 Å². The summed E-state index contributed by atoms with van der Waals surface area (Å²) < 4.78 is 0. The Kier molecular flexibility index (Phi) is 5.48. The Morgan fingerprint density at radius 2 is 1.62 bits per heavy atom. The number of urea groups is 1. The zero-order valence-corrected chi connectivity index (χ0v) is 16.7. The van der Waals surface area contributed by atoms with Gasteiger partial charge >= 0.3 is 12.0 Å². The lowest BCUT2D eigenvalue weighted by molar-refractivity contribution is -0.134. The largest absolute Gasteiger partial charge is 0.478 e. The number of carboxylic acids is 1. The highest BCUT2D eigenvalue weighted by Crippen LogP contribution is 2.60. The Morgan fingerprint density at radius 1 is 0.966 bits per heavy atom. The molecular formula is C22H29N3O4. The molecule has 7 heteroatoms. The molecule has 2 heterocycles. The first kappa shape index (κ1) is 19.7. The molecule has 1 aliphatic carbocycles. The minimum atomic E-state index is -0.958. The lowest BCUT2D eigenvalue weighted by Gasteiger charge is -2.34. The van der Waals surface area contributed by atoms with Crippen LogP contribution in [-0.4, -0.2) is 59.0 Å². The zero-order chi connectivity index (χ0) is 20.4. The quantitative estimate of drug-likeness (QED) is 0.815. The topological polar surface area (TPSA) is 90.0 Å². The predicted octanol–water partition coefficient (Wildman–Crippen LogP) is 2.71. The fraction of sp³-hybridized carbons (Fsp3) is 0.591. The SMILES string of the molecule is O=C(O)c1ccc(CNC(=O)N2CCC3(CC2)CC3C(=O)N2CCCCC2)cc1. The fourth-order valence-corrected chi connectivity index (χ4v) is 4.79. The maximum Gasteiger partial charge on any atom is 0.335 e. The highest BCUT2D eigenvalue weighted by atomic mass is 16.4. The molecule has 2 aliphatic heterocycles. The van der Waals surface area contributed by atoms with Crippen molar-refractivity contribution in [2.45, 2.75) is 45.1 Å². The molecule has 1 unspecified atom stereocenters. The van der Waals surface area contributed by atoms with E-state index in [0.29, 0.717) is 25.5 Å². The first-order chi connectivity index (χ1) is 14.0. The number of nitrogens with one attached hydrogen (secondary N) is 1. The van der Waals surface area contributed by atoms with Gasteiger partial charge in [-0.3, -0.25) is 4.79 Å². The monoisotopic (exact) mass is 399 g/mol. The molecule has 2 saturated heterocycles. The van der Waals surface area contributed by atoms with Crippen molar-refractivity contribution in [3.63, 3.8) is 0 Å². The number of benzene rings is 1. The average molecular weight is 399 g/mol. The van der Waals surface area contributed by atoms with E-state index in [1.54, 1.807) is 24.3 Å². The molecular weight excluding hydrogens is 370 g/mol. The Morgan fingerprint density at radius 3 is 2.24 bits per heavy atom. The van der Waals surface area contributed by atoms with Gasteiger partial charge in [0.2, 0.25) is 5.91 Å². The van der Waals surface area contributed by atoms with Gasteiger partial charge in [0.1, 0.15) is 0 Å². The smallest absolute Gasteiger partial charge is 0.335 e. The predicted molar refractivity (Wildman–Crippen MR) is 107 cm³/mol. The molecule has 4 rings (SSSR count). The summed E-state index contributed by atoms with van der Waals surface area (Å²) in [4.78, 5) is 40.0. The van der Waals surface area contributed by atoms with Crippen LogP contribution in [0.3, 0.4) is 0 Å². The number of likely N-dealkylation sites (tertiary alicyclic amines) is 2. The zero-order valence-electron chi connectivity index (χ0n) is 16.7. The molecule has 1 atom stereocenters. The molecule has 3 aliphatic rings. The third-order valence-electron chi connectivity index (χ3n) is 6.85. The van der Waals surface area contributed by atoms with Crippen molar-refractivity contribution in [1.29, 1.82) is 0 Å². The molecule has 0 aromatic heterocycles. The molecule has 7 nitrogen and oxygen atoms in total. The van der Waals surface area contributed by atoms with Crippen molar-refractivity contribution in [2.75, 3.05) is 26.2 Å². The van der Waals surface area contributed by atoms with Crippen LogP contribution in [0.2, 0.25) is 0 Å². The van der Waals surface area contributed by atoms with Gasteiger partial charge in [-0.2, -0.15) is 0 Å². The van der Waals surface area contributed by atoms with Crippen LogP contribution < -0.4 is 5.32 Å². The van der Waals surface area contributed by atoms with Crippen LogP contribution in [0.4, 0.5) is 4.79 Å². The number of carbonyl (C=O) groups excluding carboxylic acids is 2. The second-order valence-electron chi connectivity index (χ2n) is 8.65. The van der Waals surface area contributed by atoms with E-state index in [-0.39, 0.29) is 22.9 Å². The number of piperidine rings is 2. The highest BCUT2D eigenvalue weighted by Gasteiger charge is 2.59. The minimum Gasteiger partial charge on any atom is -0.478 e. The molecule has 1 saturated carbocycles. The van der Waals surface area contributed by atoms with Crippen molar-refractivity contribution < 1.29 is 19.5 Å². The molecule has 0 radical (unpaired) electrons. The average Bonchev–Trinajstić information content (AvgIpc) is 3.45. The van der Waals surface area contributed by atoms with Crippen molar-refractivity contribution in [3.05, 3.63) is 35.4 Å². The summed E-state index contributed by atoms with van der Waals surface area (Å²) in [7, 11) is 0. The van der Waals surface area contributed by atoms with Gasteiger partial charge in [-0.15, -0.1) is 0 Å². The molecule has 2 N–H and O–H groups in total. The summed E-state index contributed by atoms with van der Waals surface area (Å²) in [6.45, 7) is 3.57. The van der Waals surface area contributed by atoms with Crippen molar-refractivity contribution in [1.82, 2.24) is 15.1 Å². The van der Waals surface area contributed by atoms with E-state index >= 15 is 0 Å². The summed E-state index contributed by atoms with van der Waals surface area (Å²) in [5, 5.41) is 11.9. The third kappa shape index (κ3) is 4.23. The minimum absolute atomic E-state index is 0.0956. The number of rotatable bonds is 4. The van der Waals surface area contributed by atoms with Crippen molar-refractivity contribution in [2.24, 2.45) is 11.3 Å². The van der Waals surface area contributed by atoms with E-state index in [4.69, 9.17) is 5.11 Å². The summed E-state index contributed by atoms with van der Waals surface area (Å²) in [5.41, 5.74) is 1.23. The van der Waals surface area contributed by atoms with E-state index in [0.717, 1.165) is 50.8 Å². The van der Waals surface area contributed by atoms with Crippen LogP contribution in [0.5, 0.6) is 0 Å². The Labute approximate surface area is 171 Å². The molecule has 1 spiro atoms. The maximum atomic E-state index is 12.8. The number of aromatic carboxylic acids is 1. The van der Waals surface area contributed by atoms with Gasteiger partial charge in [-0.1, -0.05) is 12.1 Å². The maximum absolute atomic E-state index is 12.8. The lowest BCUT2D eigenvalue weighted by atomic mass is 9.90. The van der Waals surface area contributed by atoms with Crippen molar-refractivity contribution in [3.8, 4) is 0 Å². The number of nitrogens with zero attached hydrogens (tertiary/aromatic N) is 2. The van der Waals surface area contributed by atoms with E-state index in [9.17, 15) is 14.4 Å². The van der Waals surface area contributed by atoms with Crippen LogP contribution in [0, 0.1) is 11.3 Å². The van der Waals surface area contributed by atoms with Crippen LogP contribution in [0.1, 0.15) is 54.4 Å². The molecule has 3 fully saturated rings. The second-order valence-corrected chi connectivity index (χ2v) is 8.65. The van der Waals surface area contributed by atoms with Gasteiger partial charge < -0.3 is 20.2 Å². The standard InChI is InChI=1S/C22H29N3O4/c26-19(24-10-2-1-3-11-24)18-14-22(18)8-12-25(13-9-22)21(29)23-15-16-4-6-17(7-5-16)20(27)28/h4-7,18H,1-3,8-15H2,(H,23,29)(H,27,28). The number of hydrogen-bond acceptors (Lipinski definition) is 3. The second kappa shape index (κ2) is 8.05. The van der Waals surface area contributed by atoms with Crippen LogP contribution in [-0.2, 0) is 11.3 Å². The normalized spacial score (nSPS) is 23.0. The molecule has 0 bridgehead atoms. The first-order valence-corrected chi connectivity index (χ1v) is 10.6. The van der Waals surface area contributed by atoms with E-state index in [2.05, 4.69) is 10.2 Å².